The molecule has 0 saturated heterocycles. The molecule has 5 nitrogen and oxygen atoms in total. The van der Waals surface area contributed by atoms with Gasteiger partial charge in [0, 0.05) is 11.8 Å². The molecule has 1 aromatic rings. The lowest BCUT2D eigenvalue weighted by Gasteiger charge is -2.14. The Morgan fingerprint density at radius 1 is 1.79 bits per heavy atom. The lowest BCUT2D eigenvalue weighted by atomic mass is 10.2. The molecule has 1 unspecified atom stereocenters. The van der Waals surface area contributed by atoms with E-state index in [1.54, 1.807) is 10.7 Å². The number of carbonyl (C=O) groups is 1. The highest BCUT2D eigenvalue weighted by molar-refractivity contribution is 5.74. The van der Waals surface area contributed by atoms with Crippen molar-refractivity contribution in [2.24, 2.45) is 0 Å². The number of aromatic nitrogens is 2. The van der Waals surface area contributed by atoms with Crippen molar-refractivity contribution in [1.82, 2.24) is 9.78 Å². The van der Waals surface area contributed by atoms with Gasteiger partial charge in [-0.05, 0) is 13.3 Å². The van der Waals surface area contributed by atoms with Crippen LogP contribution in [0, 0.1) is 6.92 Å². The van der Waals surface area contributed by atoms with Crippen LogP contribution in [0.1, 0.15) is 25.1 Å². The van der Waals surface area contributed by atoms with E-state index in [0.29, 0.717) is 12.2 Å². The largest absolute Gasteiger partial charge is 0.467 e. The maximum Gasteiger partial charge on any atom is 0.330 e. The van der Waals surface area contributed by atoms with Gasteiger partial charge < -0.3 is 10.5 Å². The summed E-state index contributed by atoms with van der Waals surface area (Å²) in [6.07, 6.45) is 0.634. The van der Waals surface area contributed by atoms with Crippen LogP contribution < -0.4 is 5.73 Å². The zero-order valence-corrected chi connectivity index (χ0v) is 8.65. The van der Waals surface area contributed by atoms with Gasteiger partial charge >= 0.3 is 5.97 Å². The molecule has 0 aromatic carbocycles. The standard InChI is InChI=1S/C9H15N3O2/c1-4-7(9(13)14-3)12-6(2)5-8(10)11-12/h5,7H,4H2,1-3H3,(H2,10,11). The van der Waals surface area contributed by atoms with Crippen LogP contribution in [0.25, 0.3) is 0 Å². The topological polar surface area (TPSA) is 70.1 Å². The number of aryl methyl sites for hydroxylation is 1. The van der Waals surface area contributed by atoms with Gasteiger partial charge in [0.15, 0.2) is 0 Å². The third kappa shape index (κ3) is 1.86. The number of carbonyl (C=O) groups excluding carboxylic acids is 1. The first-order valence-electron chi connectivity index (χ1n) is 4.49. The first-order valence-corrected chi connectivity index (χ1v) is 4.49. The van der Waals surface area contributed by atoms with Crippen molar-refractivity contribution >= 4 is 11.8 Å². The van der Waals surface area contributed by atoms with Crippen molar-refractivity contribution in [3.8, 4) is 0 Å². The van der Waals surface area contributed by atoms with Crippen LogP contribution in [0.3, 0.4) is 0 Å². The van der Waals surface area contributed by atoms with E-state index < -0.39 is 0 Å². The summed E-state index contributed by atoms with van der Waals surface area (Å²) in [7, 11) is 1.37. The maximum atomic E-state index is 11.4. The Balaban J connectivity index is 3.00. The minimum Gasteiger partial charge on any atom is -0.467 e. The van der Waals surface area contributed by atoms with Crippen molar-refractivity contribution in [3.05, 3.63) is 11.8 Å². The Morgan fingerprint density at radius 2 is 2.43 bits per heavy atom. The Kier molecular flexibility index (Phi) is 3.11. The fraction of sp³-hybridized carbons (Fsp3) is 0.556. The van der Waals surface area contributed by atoms with Gasteiger partial charge in [-0.25, -0.2) is 4.79 Å². The molecule has 0 amide bonds. The molecule has 0 spiro atoms. The summed E-state index contributed by atoms with van der Waals surface area (Å²) in [6.45, 7) is 3.76. The number of esters is 1. The first kappa shape index (κ1) is 10.6. The van der Waals surface area contributed by atoms with E-state index in [9.17, 15) is 4.79 Å². The number of nitrogen functional groups attached to an aromatic ring is 1. The molecular weight excluding hydrogens is 182 g/mol. The summed E-state index contributed by atoms with van der Waals surface area (Å²) in [5.41, 5.74) is 6.39. The number of methoxy groups -OCH3 is 1. The van der Waals surface area contributed by atoms with Crippen LogP contribution in [-0.4, -0.2) is 22.9 Å². The van der Waals surface area contributed by atoms with Gasteiger partial charge in [0.1, 0.15) is 11.9 Å². The molecule has 0 radical (unpaired) electrons. The van der Waals surface area contributed by atoms with Gasteiger partial charge in [0.2, 0.25) is 0 Å². The second-order valence-electron chi connectivity index (χ2n) is 3.10. The van der Waals surface area contributed by atoms with Crippen LogP contribution >= 0.6 is 0 Å². The summed E-state index contributed by atoms with van der Waals surface area (Å²) in [5.74, 6) is 0.128. The van der Waals surface area contributed by atoms with E-state index >= 15 is 0 Å². The third-order valence-electron chi connectivity index (χ3n) is 2.10. The summed E-state index contributed by atoms with van der Waals surface area (Å²) in [4.78, 5) is 11.4. The fourth-order valence-corrected chi connectivity index (χ4v) is 1.40. The highest BCUT2D eigenvalue weighted by Gasteiger charge is 2.21. The van der Waals surface area contributed by atoms with Crippen LogP contribution in [0.2, 0.25) is 0 Å². The van der Waals surface area contributed by atoms with E-state index in [1.807, 2.05) is 13.8 Å². The Hall–Kier alpha value is -1.52. The highest BCUT2D eigenvalue weighted by Crippen LogP contribution is 2.16. The zero-order chi connectivity index (χ0) is 10.7. The van der Waals surface area contributed by atoms with E-state index in [0.717, 1.165) is 5.69 Å². The molecule has 1 atom stereocenters. The number of nitrogens with two attached hydrogens (primary N) is 1. The van der Waals surface area contributed by atoms with Crippen molar-refractivity contribution in [3.63, 3.8) is 0 Å². The first-order chi connectivity index (χ1) is 6.60. The molecule has 5 heteroatoms. The molecule has 0 fully saturated rings. The van der Waals surface area contributed by atoms with E-state index in [4.69, 9.17) is 5.73 Å². The van der Waals surface area contributed by atoms with Crippen LogP contribution in [0.5, 0.6) is 0 Å². The van der Waals surface area contributed by atoms with E-state index in [2.05, 4.69) is 9.84 Å². The lowest BCUT2D eigenvalue weighted by molar-refractivity contribution is -0.145. The van der Waals surface area contributed by atoms with Gasteiger partial charge in [0.25, 0.3) is 0 Å². The third-order valence-corrected chi connectivity index (χ3v) is 2.10. The molecule has 1 aromatic heterocycles. The lowest BCUT2D eigenvalue weighted by Crippen LogP contribution is -2.22. The van der Waals surface area contributed by atoms with Crippen molar-refractivity contribution in [2.75, 3.05) is 12.8 Å². The molecule has 78 valence electrons. The van der Waals surface area contributed by atoms with E-state index in [-0.39, 0.29) is 12.0 Å². The van der Waals surface area contributed by atoms with Gasteiger partial charge in [-0.1, -0.05) is 6.92 Å². The van der Waals surface area contributed by atoms with Crippen molar-refractivity contribution in [1.29, 1.82) is 0 Å². The van der Waals surface area contributed by atoms with E-state index in [1.165, 1.54) is 7.11 Å². The molecule has 0 aliphatic rings. The fourth-order valence-electron chi connectivity index (χ4n) is 1.40. The Bertz CT molecular complexity index is 333. The van der Waals surface area contributed by atoms with Crippen molar-refractivity contribution < 1.29 is 9.53 Å². The molecule has 14 heavy (non-hydrogen) atoms. The average Bonchev–Trinajstić information content (AvgIpc) is 2.47. The summed E-state index contributed by atoms with van der Waals surface area (Å²) < 4.78 is 6.28. The molecule has 1 rings (SSSR count). The number of anilines is 1. The SMILES string of the molecule is CCC(C(=O)OC)n1nc(N)cc1C. The number of rotatable bonds is 3. The predicted molar refractivity (Wildman–Crippen MR) is 52.7 cm³/mol. The number of hydrogen-bond donors (Lipinski definition) is 1. The summed E-state index contributed by atoms with van der Waals surface area (Å²) in [5, 5.41) is 4.04. The average molecular weight is 197 g/mol. The molecule has 0 saturated carbocycles. The summed E-state index contributed by atoms with van der Waals surface area (Å²) >= 11 is 0. The minimum atomic E-state index is -0.378. The van der Waals surface area contributed by atoms with Gasteiger partial charge in [-0.2, -0.15) is 5.10 Å². The van der Waals surface area contributed by atoms with Gasteiger partial charge in [0.05, 0.1) is 7.11 Å². The van der Waals surface area contributed by atoms with Crippen LogP contribution in [0.4, 0.5) is 5.82 Å². The second-order valence-corrected chi connectivity index (χ2v) is 3.10. The van der Waals surface area contributed by atoms with Crippen molar-refractivity contribution in [2.45, 2.75) is 26.3 Å². The molecule has 0 aliphatic heterocycles. The Morgan fingerprint density at radius 3 is 2.79 bits per heavy atom. The molecule has 1 heterocycles. The summed E-state index contributed by atoms with van der Waals surface area (Å²) in [6, 6.07) is 1.35. The number of nitrogens with zero attached hydrogens (tertiary/aromatic N) is 2. The molecule has 0 bridgehead atoms. The molecular formula is C9H15N3O2. The normalized spacial score (nSPS) is 12.5. The maximum absolute atomic E-state index is 11.4. The van der Waals surface area contributed by atoms with Gasteiger partial charge in [-0.3, -0.25) is 4.68 Å². The Labute approximate surface area is 82.8 Å². The monoisotopic (exact) mass is 197 g/mol. The second kappa shape index (κ2) is 4.13. The highest BCUT2D eigenvalue weighted by atomic mass is 16.5. The number of ether oxygens (including phenoxy) is 1. The quantitative estimate of drug-likeness (QED) is 0.731. The molecule has 0 aliphatic carbocycles. The molecule has 2 N–H and O–H groups in total. The number of hydrogen-bond acceptors (Lipinski definition) is 4. The van der Waals surface area contributed by atoms with Crippen LogP contribution in [-0.2, 0) is 9.53 Å². The zero-order valence-electron chi connectivity index (χ0n) is 8.65. The minimum absolute atomic E-state index is 0.293. The van der Waals surface area contributed by atoms with Crippen LogP contribution in [0.15, 0.2) is 6.07 Å². The van der Waals surface area contributed by atoms with Gasteiger partial charge in [-0.15, -0.1) is 0 Å². The smallest absolute Gasteiger partial charge is 0.330 e. The predicted octanol–water partition coefficient (Wildman–Crippen LogP) is 0.898.